The van der Waals surface area contributed by atoms with Crippen LogP contribution in [0.1, 0.15) is 0 Å². The first kappa shape index (κ1) is 28.0. The summed E-state index contributed by atoms with van der Waals surface area (Å²) in [6.07, 6.45) is 4.88. The molecule has 6 aromatic rings. The Balaban J connectivity index is 1.32. The Labute approximate surface area is 262 Å². The molecule has 0 amide bonds. The van der Waals surface area contributed by atoms with Crippen LogP contribution in [0.3, 0.4) is 0 Å². The number of hydrogen-bond donors (Lipinski definition) is 2. The molecule has 12 heteroatoms. The van der Waals surface area contributed by atoms with Gasteiger partial charge in [-0.3, -0.25) is 4.79 Å². The Morgan fingerprint density at radius 2 is 1.61 bits per heavy atom. The van der Waals surface area contributed by atoms with Crippen LogP contribution in [-0.2, 0) is 0 Å². The quantitative estimate of drug-likeness (QED) is 0.231. The molecule has 0 bridgehead atoms. The fourth-order valence-corrected chi connectivity index (χ4v) is 5.88. The summed E-state index contributed by atoms with van der Waals surface area (Å²) < 4.78 is 1.22. The second kappa shape index (κ2) is 11.7. The molecule has 0 spiro atoms. The van der Waals surface area contributed by atoms with Crippen LogP contribution in [0, 0.1) is 0 Å². The number of benzene rings is 3. The van der Waals surface area contributed by atoms with Gasteiger partial charge in [-0.1, -0.05) is 47.5 Å². The molecule has 3 aromatic carbocycles. The number of hydrogen-bond acceptors (Lipinski definition) is 8. The number of halogens is 2. The maximum absolute atomic E-state index is 13.8. The molecule has 0 atom stereocenters. The van der Waals surface area contributed by atoms with Crippen molar-refractivity contribution in [1.82, 2.24) is 34.6 Å². The minimum atomic E-state index is -0.438. The number of aromatic amines is 1. The van der Waals surface area contributed by atoms with Crippen LogP contribution in [-0.4, -0.2) is 67.8 Å². The third kappa shape index (κ3) is 5.39. The third-order valence-corrected chi connectivity index (χ3v) is 8.33. The van der Waals surface area contributed by atoms with Gasteiger partial charge in [0.1, 0.15) is 16.9 Å². The highest BCUT2D eigenvalue weighted by molar-refractivity contribution is 6.37. The van der Waals surface area contributed by atoms with Crippen LogP contribution in [0.25, 0.3) is 39.1 Å². The number of aromatic nitrogens is 6. The predicted molar refractivity (Wildman–Crippen MR) is 175 cm³/mol. The summed E-state index contributed by atoms with van der Waals surface area (Å²) in [5.74, 6) is 0.338. The van der Waals surface area contributed by atoms with Gasteiger partial charge in [0.05, 0.1) is 33.6 Å². The summed E-state index contributed by atoms with van der Waals surface area (Å²) in [5, 5.41) is 8.93. The maximum atomic E-state index is 13.8. The fraction of sp³-hybridized carbons (Fsp3) is 0.156. The number of piperazine rings is 1. The number of likely N-dealkylation sites (N-methyl/N-ethyl adjacent to an activating group) is 1. The van der Waals surface area contributed by atoms with E-state index in [0.29, 0.717) is 27.2 Å². The zero-order valence-corrected chi connectivity index (χ0v) is 25.2. The van der Waals surface area contributed by atoms with E-state index in [1.807, 2.05) is 36.4 Å². The van der Waals surface area contributed by atoms with E-state index in [1.54, 1.807) is 30.7 Å². The van der Waals surface area contributed by atoms with Gasteiger partial charge in [0.2, 0.25) is 5.95 Å². The van der Waals surface area contributed by atoms with Crippen molar-refractivity contribution < 1.29 is 0 Å². The normalized spacial score (nSPS) is 13.8. The van der Waals surface area contributed by atoms with Crippen LogP contribution in [0.4, 0.5) is 17.3 Å². The first-order valence-electron chi connectivity index (χ1n) is 14.1. The molecule has 1 saturated heterocycles. The van der Waals surface area contributed by atoms with E-state index < -0.39 is 5.56 Å². The van der Waals surface area contributed by atoms with Crippen LogP contribution >= 0.6 is 23.2 Å². The number of fused-ring (bicyclic) bond motifs is 1. The molecule has 2 N–H and O–H groups in total. The fourth-order valence-electron chi connectivity index (χ4n) is 5.32. The van der Waals surface area contributed by atoms with Gasteiger partial charge in [-0.15, -0.1) is 0 Å². The van der Waals surface area contributed by atoms with Gasteiger partial charge < -0.3 is 20.1 Å². The van der Waals surface area contributed by atoms with Gasteiger partial charge in [0.25, 0.3) is 5.56 Å². The van der Waals surface area contributed by atoms with Crippen LogP contribution in [0.15, 0.2) is 90.2 Å². The molecule has 7 rings (SSSR count). The first-order chi connectivity index (χ1) is 21.4. The molecular weight excluding hydrogens is 597 g/mol. The van der Waals surface area contributed by atoms with E-state index in [1.165, 1.54) is 16.6 Å². The van der Waals surface area contributed by atoms with Crippen molar-refractivity contribution in [3.63, 3.8) is 0 Å². The highest BCUT2D eigenvalue weighted by atomic mass is 35.5. The smallest absolute Gasteiger partial charge is 0.282 e. The standard InChI is InChI=1S/C32H27Cl2N9O/c1-41-12-14-42(15-13-41)23-10-8-22(9-11-23)38-32-36-17-24-29(39-32)28(21-5-2-4-20(16-21)27-18-35-19-37-27)40-43(31(24)44)30-25(33)6-3-7-26(30)34/h2-11,16-19H,12-15H2,1H3,(H,35,37)(H,36,38,39). The van der Waals surface area contributed by atoms with Gasteiger partial charge in [-0.25, -0.2) is 15.0 Å². The molecule has 1 aliphatic rings. The van der Waals surface area contributed by atoms with E-state index in [2.05, 4.69) is 49.2 Å². The molecule has 44 heavy (non-hydrogen) atoms. The lowest BCUT2D eigenvalue weighted by molar-refractivity contribution is 0.313. The van der Waals surface area contributed by atoms with Crippen molar-refractivity contribution >= 4 is 51.4 Å². The van der Waals surface area contributed by atoms with E-state index in [4.69, 9.17) is 33.3 Å². The van der Waals surface area contributed by atoms with E-state index in [0.717, 1.165) is 48.7 Å². The Morgan fingerprint density at radius 3 is 2.34 bits per heavy atom. The lowest BCUT2D eigenvalue weighted by atomic mass is 10.0. The number of imidazole rings is 1. The maximum Gasteiger partial charge on any atom is 0.282 e. The Bertz CT molecular complexity index is 2000. The van der Waals surface area contributed by atoms with Crippen molar-refractivity contribution in [3.8, 4) is 28.2 Å². The number of anilines is 3. The van der Waals surface area contributed by atoms with Gasteiger partial charge in [0.15, 0.2) is 0 Å². The topological polar surface area (TPSA) is 108 Å². The minimum absolute atomic E-state index is 0.272. The summed E-state index contributed by atoms with van der Waals surface area (Å²) in [7, 11) is 2.15. The van der Waals surface area contributed by atoms with Gasteiger partial charge in [0, 0.05) is 54.9 Å². The molecule has 0 radical (unpaired) electrons. The van der Waals surface area contributed by atoms with Crippen LogP contribution < -0.4 is 15.8 Å². The molecule has 0 aliphatic carbocycles. The predicted octanol–water partition coefficient (Wildman–Crippen LogP) is 6.04. The number of H-pyrrole nitrogens is 1. The van der Waals surface area contributed by atoms with Gasteiger partial charge >= 0.3 is 0 Å². The van der Waals surface area contributed by atoms with Crippen molar-refractivity contribution in [3.05, 3.63) is 106 Å². The lowest BCUT2D eigenvalue weighted by Crippen LogP contribution is -2.44. The van der Waals surface area contributed by atoms with Crippen LogP contribution in [0.5, 0.6) is 0 Å². The molecule has 0 saturated carbocycles. The summed E-state index contributed by atoms with van der Waals surface area (Å²) >= 11 is 13.0. The SMILES string of the molecule is CN1CCN(c2ccc(Nc3ncc4c(=O)n(-c5c(Cl)cccc5Cl)nc(-c5cccc(-c6cnc[nH]6)c5)c4n3)cc2)CC1. The van der Waals surface area contributed by atoms with Crippen molar-refractivity contribution in [2.24, 2.45) is 0 Å². The molecule has 220 valence electrons. The summed E-state index contributed by atoms with van der Waals surface area (Å²) in [5.41, 5.74) is 5.19. The Hall–Kier alpha value is -4.77. The minimum Gasteiger partial charge on any atom is -0.369 e. The van der Waals surface area contributed by atoms with E-state index in [9.17, 15) is 4.79 Å². The van der Waals surface area contributed by atoms with Crippen LogP contribution in [0.2, 0.25) is 10.0 Å². The molecule has 1 fully saturated rings. The molecule has 3 aromatic heterocycles. The molecule has 10 nitrogen and oxygen atoms in total. The van der Waals surface area contributed by atoms with Gasteiger partial charge in [-0.2, -0.15) is 9.78 Å². The van der Waals surface area contributed by atoms with Crippen molar-refractivity contribution in [1.29, 1.82) is 0 Å². The molecular formula is C32H27Cl2N9O. The second-order valence-corrected chi connectivity index (χ2v) is 11.4. The number of para-hydroxylation sites is 1. The third-order valence-electron chi connectivity index (χ3n) is 7.72. The Morgan fingerprint density at radius 1 is 0.886 bits per heavy atom. The molecule has 4 heterocycles. The summed E-state index contributed by atoms with van der Waals surface area (Å²) in [6.45, 7) is 4.06. The molecule has 1 aliphatic heterocycles. The largest absolute Gasteiger partial charge is 0.369 e. The summed E-state index contributed by atoms with van der Waals surface area (Å²) in [4.78, 5) is 35.1. The highest BCUT2D eigenvalue weighted by Crippen LogP contribution is 2.32. The number of rotatable bonds is 6. The molecule has 0 unspecified atom stereocenters. The zero-order valence-electron chi connectivity index (χ0n) is 23.7. The van der Waals surface area contributed by atoms with Crippen molar-refractivity contribution in [2.75, 3.05) is 43.4 Å². The highest BCUT2D eigenvalue weighted by Gasteiger charge is 2.20. The zero-order chi connectivity index (χ0) is 30.2. The average Bonchev–Trinajstić information content (AvgIpc) is 3.58. The average molecular weight is 625 g/mol. The lowest BCUT2D eigenvalue weighted by Gasteiger charge is -2.34. The second-order valence-electron chi connectivity index (χ2n) is 10.6. The van der Waals surface area contributed by atoms with Crippen molar-refractivity contribution in [2.45, 2.75) is 0 Å². The van der Waals surface area contributed by atoms with Gasteiger partial charge in [-0.05, 0) is 49.5 Å². The number of nitrogens with one attached hydrogen (secondary N) is 2. The Kier molecular flexibility index (Phi) is 7.47. The van der Waals surface area contributed by atoms with E-state index in [-0.39, 0.29) is 11.1 Å². The summed E-state index contributed by atoms with van der Waals surface area (Å²) in [6, 6.07) is 21.0. The monoisotopic (exact) mass is 623 g/mol. The number of nitrogens with zero attached hydrogens (tertiary/aromatic N) is 7. The first-order valence-corrected chi connectivity index (χ1v) is 14.8. The van der Waals surface area contributed by atoms with E-state index >= 15 is 0 Å².